The predicted octanol–water partition coefficient (Wildman–Crippen LogP) is 2.39. The normalized spacial score (nSPS) is 21.2. The molecule has 0 saturated carbocycles. The van der Waals surface area contributed by atoms with Crippen LogP contribution in [0.4, 0.5) is 4.39 Å². The molecule has 1 aromatic rings. The Hall–Kier alpha value is -0.490. The first-order chi connectivity index (χ1) is 8.70. The van der Waals surface area contributed by atoms with Crippen molar-refractivity contribution in [3.8, 4) is 0 Å². The number of benzene rings is 1. The molecular formula is C13H17BrFNO2. The topological polar surface area (TPSA) is 41.5 Å². The Bertz CT molecular complexity index is 397. The fraction of sp³-hybridized carbons (Fsp3) is 0.538. The molecule has 1 saturated heterocycles. The van der Waals surface area contributed by atoms with Gasteiger partial charge >= 0.3 is 0 Å². The third-order valence-electron chi connectivity index (χ3n) is 3.14. The molecule has 0 spiro atoms. The zero-order valence-electron chi connectivity index (χ0n) is 10.0. The second kappa shape index (κ2) is 6.61. The molecule has 2 rings (SSSR count). The number of halogens is 2. The summed E-state index contributed by atoms with van der Waals surface area (Å²) in [5.74, 6) is -0.297. The first kappa shape index (κ1) is 13.9. The smallest absolute Gasteiger partial charge is 0.137 e. The van der Waals surface area contributed by atoms with Gasteiger partial charge in [-0.1, -0.05) is 6.07 Å². The van der Waals surface area contributed by atoms with Crippen molar-refractivity contribution in [3.05, 3.63) is 34.1 Å². The average molecular weight is 318 g/mol. The quantitative estimate of drug-likeness (QED) is 0.876. The highest BCUT2D eigenvalue weighted by atomic mass is 79.9. The van der Waals surface area contributed by atoms with Gasteiger partial charge in [-0.05, 0) is 46.5 Å². The summed E-state index contributed by atoms with van der Waals surface area (Å²) in [6.45, 7) is 1.50. The number of hydrogen-bond acceptors (Lipinski definition) is 3. The van der Waals surface area contributed by atoms with Crippen molar-refractivity contribution in [2.75, 3.05) is 19.8 Å². The lowest BCUT2D eigenvalue weighted by Crippen LogP contribution is -2.32. The molecule has 1 aromatic carbocycles. The van der Waals surface area contributed by atoms with Crippen LogP contribution in [0.5, 0.6) is 0 Å². The molecule has 1 heterocycles. The number of aliphatic hydroxyl groups excluding tert-OH is 1. The van der Waals surface area contributed by atoms with Crippen molar-refractivity contribution in [2.45, 2.75) is 25.0 Å². The molecule has 2 N–H and O–H groups in total. The van der Waals surface area contributed by atoms with E-state index in [2.05, 4.69) is 21.2 Å². The molecule has 1 aliphatic rings. The van der Waals surface area contributed by atoms with Crippen LogP contribution in [0.25, 0.3) is 0 Å². The molecule has 1 aliphatic heterocycles. The third kappa shape index (κ3) is 3.51. The summed E-state index contributed by atoms with van der Waals surface area (Å²) in [6, 6.07) is 4.59. The van der Waals surface area contributed by atoms with E-state index >= 15 is 0 Å². The minimum absolute atomic E-state index is 0.0230. The van der Waals surface area contributed by atoms with Crippen molar-refractivity contribution < 1.29 is 14.2 Å². The Balaban J connectivity index is 1.96. The van der Waals surface area contributed by atoms with Gasteiger partial charge in [0.15, 0.2) is 0 Å². The first-order valence-corrected chi connectivity index (χ1v) is 6.91. The van der Waals surface area contributed by atoms with Crippen LogP contribution in [0.2, 0.25) is 0 Å². The zero-order chi connectivity index (χ0) is 13.0. The van der Waals surface area contributed by atoms with Crippen LogP contribution >= 0.6 is 15.9 Å². The van der Waals surface area contributed by atoms with Gasteiger partial charge in [0.2, 0.25) is 0 Å². The lowest BCUT2D eigenvalue weighted by Gasteiger charge is -2.19. The van der Waals surface area contributed by atoms with Gasteiger partial charge in [-0.3, -0.25) is 0 Å². The molecule has 0 amide bonds. The lowest BCUT2D eigenvalue weighted by atomic mass is 10.1. The highest BCUT2D eigenvalue weighted by Crippen LogP contribution is 2.21. The average Bonchev–Trinajstić information content (AvgIpc) is 2.87. The Morgan fingerprint density at radius 3 is 3.00 bits per heavy atom. The molecule has 0 aromatic heterocycles. The van der Waals surface area contributed by atoms with E-state index in [1.165, 1.54) is 6.07 Å². The van der Waals surface area contributed by atoms with Gasteiger partial charge in [0.25, 0.3) is 0 Å². The lowest BCUT2D eigenvalue weighted by molar-refractivity contribution is 0.104. The van der Waals surface area contributed by atoms with Crippen molar-refractivity contribution in [1.29, 1.82) is 0 Å². The highest BCUT2D eigenvalue weighted by Gasteiger charge is 2.18. The van der Waals surface area contributed by atoms with Crippen LogP contribution in [0.15, 0.2) is 22.7 Å². The minimum atomic E-state index is -0.297. The second-order valence-electron chi connectivity index (χ2n) is 4.45. The molecule has 1 fully saturated rings. The van der Waals surface area contributed by atoms with Crippen molar-refractivity contribution >= 4 is 15.9 Å². The Morgan fingerprint density at radius 2 is 2.39 bits per heavy atom. The Morgan fingerprint density at radius 1 is 1.56 bits per heavy atom. The standard InChI is InChI=1S/C13H17BrFNO2/c14-11-6-9(3-4-12(11)15)13(8-17)16-7-10-2-1-5-18-10/h3-4,6,10,13,16-17H,1-2,5,7-8H2. The van der Waals surface area contributed by atoms with E-state index in [4.69, 9.17) is 4.74 Å². The molecule has 2 atom stereocenters. The van der Waals surface area contributed by atoms with E-state index in [9.17, 15) is 9.50 Å². The van der Waals surface area contributed by atoms with Crippen molar-refractivity contribution in [3.63, 3.8) is 0 Å². The maximum Gasteiger partial charge on any atom is 0.137 e. The summed E-state index contributed by atoms with van der Waals surface area (Å²) in [7, 11) is 0. The SMILES string of the molecule is OCC(NCC1CCCO1)c1ccc(F)c(Br)c1. The predicted molar refractivity (Wildman–Crippen MR) is 70.9 cm³/mol. The maximum absolute atomic E-state index is 13.1. The summed E-state index contributed by atoms with van der Waals surface area (Å²) in [5.41, 5.74) is 0.865. The number of hydrogen-bond donors (Lipinski definition) is 2. The van der Waals surface area contributed by atoms with E-state index in [-0.39, 0.29) is 24.6 Å². The van der Waals surface area contributed by atoms with Gasteiger partial charge in [0.05, 0.1) is 23.2 Å². The first-order valence-electron chi connectivity index (χ1n) is 6.11. The molecule has 2 unspecified atom stereocenters. The minimum Gasteiger partial charge on any atom is -0.394 e. The largest absolute Gasteiger partial charge is 0.394 e. The maximum atomic E-state index is 13.1. The molecule has 18 heavy (non-hydrogen) atoms. The number of nitrogens with one attached hydrogen (secondary N) is 1. The molecule has 5 heteroatoms. The Kier molecular flexibility index (Phi) is 5.12. The van der Waals surface area contributed by atoms with Crippen LogP contribution in [0.3, 0.4) is 0 Å². The van der Waals surface area contributed by atoms with E-state index in [1.807, 2.05) is 0 Å². The van der Waals surface area contributed by atoms with Crippen LogP contribution in [-0.4, -0.2) is 31.0 Å². The van der Waals surface area contributed by atoms with Crippen molar-refractivity contribution in [2.24, 2.45) is 0 Å². The summed E-state index contributed by atoms with van der Waals surface area (Å²) in [6.07, 6.45) is 2.37. The van der Waals surface area contributed by atoms with Gasteiger partial charge in [-0.15, -0.1) is 0 Å². The molecular weight excluding hydrogens is 301 g/mol. The van der Waals surface area contributed by atoms with Crippen LogP contribution in [-0.2, 0) is 4.74 Å². The van der Waals surface area contributed by atoms with Crippen molar-refractivity contribution in [1.82, 2.24) is 5.32 Å². The zero-order valence-corrected chi connectivity index (χ0v) is 11.6. The highest BCUT2D eigenvalue weighted by molar-refractivity contribution is 9.10. The number of rotatable bonds is 5. The van der Waals surface area contributed by atoms with Crippen LogP contribution in [0, 0.1) is 5.82 Å². The molecule has 100 valence electrons. The third-order valence-corrected chi connectivity index (χ3v) is 3.75. The summed E-state index contributed by atoms with van der Waals surface area (Å²) >= 11 is 3.15. The summed E-state index contributed by atoms with van der Waals surface area (Å²) < 4.78 is 19.1. The monoisotopic (exact) mass is 317 g/mol. The van der Waals surface area contributed by atoms with Crippen LogP contribution < -0.4 is 5.32 Å². The molecule has 3 nitrogen and oxygen atoms in total. The van der Waals surface area contributed by atoms with E-state index in [0.717, 1.165) is 25.0 Å². The Labute approximate surface area is 114 Å². The van der Waals surface area contributed by atoms with E-state index in [1.54, 1.807) is 12.1 Å². The van der Waals surface area contributed by atoms with Gasteiger partial charge < -0.3 is 15.2 Å². The van der Waals surface area contributed by atoms with Gasteiger partial charge in [0, 0.05) is 13.2 Å². The van der Waals surface area contributed by atoms with Gasteiger partial charge in [-0.2, -0.15) is 0 Å². The van der Waals surface area contributed by atoms with E-state index in [0.29, 0.717) is 11.0 Å². The molecule has 0 aliphatic carbocycles. The van der Waals surface area contributed by atoms with Crippen LogP contribution in [0.1, 0.15) is 24.4 Å². The number of aliphatic hydroxyl groups is 1. The molecule has 0 radical (unpaired) electrons. The summed E-state index contributed by atoms with van der Waals surface area (Å²) in [4.78, 5) is 0. The summed E-state index contributed by atoms with van der Waals surface area (Å²) in [5, 5.41) is 12.7. The fourth-order valence-electron chi connectivity index (χ4n) is 2.10. The van der Waals surface area contributed by atoms with E-state index < -0.39 is 0 Å². The second-order valence-corrected chi connectivity index (χ2v) is 5.31. The fourth-order valence-corrected chi connectivity index (χ4v) is 2.49. The van der Waals surface area contributed by atoms with Gasteiger partial charge in [0.1, 0.15) is 5.82 Å². The van der Waals surface area contributed by atoms with Gasteiger partial charge in [-0.25, -0.2) is 4.39 Å². The number of ether oxygens (including phenoxy) is 1. The molecule has 0 bridgehead atoms.